The summed E-state index contributed by atoms with van der Waals surface area (Å²) < 4.78 is 11.9. The number of nitrogens with zero attached hydrogens (tertiary/aromatic N) is 3. The van der Waals surface area contributed by atoms with Crippen molar-refractivity contribution >= 4 is 11.9 Å². The number of para-hydroxylation sites is 1. The molecule has 0 radical (unpaired) electrons. The zero-order valence-electron chi connectivity index (χ0n) is 18.8. The highest BCUT2D eigenvalue weighted by Crippen LogP contribution is 2.46. The Hall–Kier alpha value is -2.28. The lowest BCUT2D eigenvalue weighted by Gasteiger charge is -2.47. The predicted molar refractivity (Wildman–Crippen MR) is 118 cm³/mol. The van der Waals surface area contributed by atoms with Crippen molar-refractivity contribution in [1.29, 1.82) is 0 Å². The van der Waals surface area contributed by atoms with Gasteiger partial charge in [0.2, 0.25) is 5.91 Å². The second-order valence-electron chi connectivity index (χ2n) is 8.86. The van der Waals surface area contributed by atoms with Crippen LogP contribution >= 0.6 is 0 Å². The first-order chi connectivity index (χ1) is 15.0. The highest BCUT2D eigenvalue weighted by atomic mass is 16.5. The minimum absolute atomic E-state index is 0.114. The van der Waals surface area contributed by atoms with Crippen LogP contribution in [-0.4, -0.2) is 84.7 Å². The van der Waals surface area contributed by atoms with Gasteiger partial charge in [-0.2, -0.15) is 0 Å². The fraction of sp³-hybridized carbons (Fsp3) is 0.667. The molecule has 170 valence electrons. The van der Waals surface area contributed by atoms with Crippen LogP contribution in [0.1, 0.15) is 51.0 Å². The van der Waals surface area contributed by atoms with Crippen LogP contribution in [0.4, 0.5) is 4.79 Å². The van der Waals surface area contributed by atoms with E-state index in [1.807, 2.05) is 46.7 Å². The Morgan fingerprint density at radius 2 is 1.68 bits per heavy atom. The second kappa shape index (κ2) is 9.47. The summed E-state index contributed by atoms with van der Waals surface area (Å²) in [6, 6.07) is 8.26. The van der Waals surface area contributed by atoms with Gasteiger partial charge in [0.15, 0.2) is 0 Å². The number of benzene rings is 1. The Kier molecular flexibility index (Phi) is 6.70. The molecule has 0 unspecified atom stereocenters. The van der Waals surface area contributed by atoms with Crippen LogP contribution in [0.5, 0.6) is 5.75 Å². The zero-order chi connectivity index (χ0) is 21.8. The number of carbonyl (C=O) groups is 2. The summed E-state index contributed by atoms with van der Waals surface area (Å²) in [5.74, 6) is 1.26. The van der Waals surface area contributed by atoms with Gasteiger partial charge in [-0.25, -0.2) is 4.79 Å². The topological polar surface area (TPSA) is 62.3 Å². The van der Waals surface area contributed by atoms with E-state index in [1.54, 1.807) is 0 Å². The summed E-state index contributed by atoms with van der Waals surface area (Å²) in [5.41, 5.74) is 0.838. The number of hydrogen-bond acceptors (Lipinski definition) is 4. The predicted octanol–water partition coefficient (Wildman–Crippen LogP) is 3.10. The van der Waals surface area contributed by atoms with E-state index in [2.05, 4.69) is 6.07 Å². The summed E-state index contributed by atoms with van der Waals surface area (Å²) in [6.45, 7) is 9.49. The smallest absolute Gasteiger partial charge is 0.320 e. The molecule has 2 saturated heterocycles. The maximum atomic E-state index is 12.9. The van der Waals surface area contributed by atoms with Crippen LogP contribution in [-0.2, 0) is 9.53 Å². The third-order valence-electron chi connectivity index (χ3n) is 7.07. The van der Waals surface area contributed by atoms with Crippen molar-refractivity contribution in [2.75, 3.05) is 52.5 Å². The molecule has 3 heterocycles. The number of carbonyl (C=O) groups excluding carboxylic acids is 2. The number of likely N-dealkylation sites (tertiary alicyclic amines) is 1. The number of piperidine rings is 1. The number of fused-ring (bicyclic) bond motifs is 1. The molecule has 4 rings (SSSR count). The van der Waals surface area contributed by atoms with Gasteiger partial charge < -0.3 is 24.2 Å². The highest BCUT2D eigenvalue weighted by Gasteiger charge is 2.45. The zero-order valence-corrected chi connectivity index (χ0v) is 18.8. The summed E-state index contributed by atoms with van der Waals surface area (Å²) in [4.78, 5) is 31.5. The van der Waals surface area contributed by atoms with Crippen molar-refractivity contribution in [3.63, 3.8) is 0 Å². The van der Waals surface area contributed by atoms with Crippen molar-refractivity contribution in [2.45, 2.75) is 51.0 Å². The molecule has 31 heavy (non-hydrogen) atoms. The standard InChI is InChI=1S/C24H35N3O4/c1-3-25(4-2)22(28)17-19-18-24(31-21-8-6-5-7-20(19)21)9-11-26(12-10-24)23(29)27-13-15-30-16-14-27/h5-8,19H,3-4,9-18H2,1-2H3/t19-/m0/s1. The molecule has 1 aromatic rings. The fourth-order valence-electron chi connectivity index (χ4n) is 5.21. The number of urea groups is 1. The van der Waals surface area contributed by atoms with Gasteiger partial charge >= 0.3 is 6.03 Å². The number of amides is 3. The third kappa shape index (κ3) is 4.66. The first kappa shape index (κ1) is 21.9. The molecular weight excluding hydrogens is 394 g/mol. The van der Waals surface area contributed by atoms with Crippen LogP contribution in [0.15, 0.2) is 24.3 Å². The van der Waals surface area contributed by atoms with E-state index in [1.165, 1.54) is 0 Å². The normalized spacial score (nSPS) is 22.6. The summed E-state index contributed by atoms with van der Waals surface area (Å²) in [5, 5.41) is 0. The fourth-order valence-corrected chi connectivity index (χ4v) is 5.21. The van der Waals surface area contributed by atoms with Gasteiger partial charge in [0.1, 0.15) is 11.4 Å². The maximum Gasteiger partial charge on any atom is 0.320 e. The van der Waals surface area contributed by atoms with Crippen LogP contribution in [0, 0.1) is 0 Å². The third-order valence-corrected chi connectivity index (χ3v) is 7.07. The minimum Gasteiger partial charge on any atom is -0.487 e. The number of ether oxygens (including phenoxy) is 2. The van der Waals surface area contributed by atoms with Crippen molar-refractivity contribution in [2.24, 2.45) is 0 Å². The highest BCUT2D eigenvalue weighted by molar-refractivity contribution is 5.77. The Labute approximate surface area is 185 Å². The SMILES string of the molecule is CCN(CC)C(=O)C[C@H]1CC2(CCN(C(=O)N3CCOCC3)CC2)Oc2ccccc21. The molecule has 3 aliphatic rings. The average Bonchev–Trinajstić information content (AvgIpc) is 2.80. The van der Waals surface area contributed by atoms with Crippen molar-refractivity contribution in [3.05, 3.63) is 29.8 Å². The Morgan fingerprint density at radius 3 is 2.35 bits per heavy atom. The quantitative estimate of drug-likeness (QED) is 0.738. The maximum absolute atomic E-state index is 12.9. The van der Waals surface area contributed by atoms with Crippen LogP contribution in [0.3, 0.4) is 0 Å². The van der Waals surface area contributed by atoms with E-state index in [9.17, 15) is 9.59 Å². The Bertz CT molecular complexity index is 781. The van der Waals surface area contributed by atoms with Crippen molar-refractivity contribution in [1.82, 2.24) is 14.7 Å². The van der Waals surface area contributed by atoms with Gasteiger partial charge in [0.05, 0.1) is 13.2 Å². The molecule has 3 amide bonds. The van der Waals surface area contributed by atoms with Crippen molar-refractivity contribution in [3.8, 4) is 5.75 Å². The van der Waals surface area contributed by atoms with E-state index < -0.39 is 0 Å². The lowest BCUT2D eigenvalue weighted by atomic mass is 9.76. The largest absolute Gasteiger partial charge is 0.487 e. The second-order valence-corrected chi connectivity index (χ2v) is 8.86. The van der Waals surface area contributed by atoms with Crippen molar-refractivity contribution < 1.29 is 19.1 Å². The van der Waals surface area contributed by atoms with E-state index in [0.717, 1.165) is 43.7 Å². The molecule has 7 nitrogen and oxygen atoms in total. The number of morpholine rings is 1. The van der Waals surface area contributed by atoms with E-state index in [0.29, 0.717) is 45.8 Å². The van der Waals surface area contributed by atoms with Gasteiger partial charge in [0, 0.05) is 64.4 Å². The molecule has 3 aliphatic heterocycles. The Balaban J connectivity index is 1.46. The summed E-state index contributed by atoms with van der Waals surface area (Å²) in [7, 11) is 0. The molecule has 1 aromatic carbocycles. The Morgan fingerprint density at radius 1 is 1.03 bits per heavy atom. The molecule has 1 atom stereocenters. The number of hydrogen-bond donors (Lipinski definition) is 0. The molecule has 7 heteroatoms. The van der Waals surface area contributed by atoms with Crippen LogP contribution < -0.4 is 4.74 Å². The molecule has 2 fully saturated rings. The lowest BCUT2D eigenvalue weighted by molar-refractivity contribution is -0.131. The molecule has 0 saturated carbocycles. The first-order valence-corrected chi connectivity index (χ1v) is 11.7. The van der Waals surface area contributed by atoms with Crippen LogP contribution in [0.2, 0.25) is 0 Å². The molecule has 0 bridgehead atoms. The van der Waals surface area contributed by atoms with Gasteiger partial charge in [0.25, 0.3) is 0 Å². The molecule has 0 aliphatic carbocycles. The lowest BCUT2D eigenvalue weighted by Crippen LogP contribution is -2.55. The molecular formula is C24H35N3O4. The van der Waals surface area contributed by atoms with Gasteiger partial charge in [-0.15, -0.1) is 0 Å². The minimum atomic E-state index is -0.301. The molecule has 1 spiro atoms. The first-order valence-electron chi connectivity index (χ1n) is 11.7. The molecule has 0 aromatic heterocycles. The van der Waals surface area contributed by atoms with Crippen LogP contribution in [0.25, 0.3) is 0 Å². The average molecular weight is 430 g/mol. The molecule has 0 N–H and O–H groups in total. The number of rotatable bonds is 4. The van der Waals surface area contributed by atoms with Gasteiger partial charge in [-0.05, 0) is 31.9 Å². The van der Waals surface area contributed by atoms with E-state index >= 15 is 0 Å². The summed E-state index contributed by atoms with van der Waals surface area (Å²) in [6.07, 6.45) is 2.94. The van der Waals surface area contributed by atoms with E-state index in [4.69, 9.17) is 9.47 Å². The van der Waals surface area contributed by atoms with E-state index in [-0.39, 0.29) is 23.5 Å². The van der Waals surface area contributed by atoms with Gasteiger partial charge in [-0.3, -0.25) is 4.79 Å². The van der Waals surface area contributed by atoms with Gasteiger partial charge in [-0.1, -0.05) is 18.2 Å². The summed E-state index contributed by atoms with van der Waals surface area (Å²) >= 11 is 0. The monoisotopic (exact) mass is 429 g/mol.